The number of halogens is 1. The molecular weight excluding hydrogens is 270 g/mol. The molecule has 1 aromatic heterocycles. The van der Waals surface area contributed by atoms with Crippen LogP contribution < -0.4 is 11.1 Å². The van der Waals surface area contributed by atoms with E-state index in [4.69, 9.17) is 17.3 Å². The molecule has 2 rings (SSSR count). The van der Waals surface area contributed by atoms with Gasteiger partial charge in [-0.3, -0.25) is 4.79 Å². The van der Waals surface area contributed by atoms with Gasteiger partial charge in [0.15, 0.2) is 0 Å². The number of thiazole rings is 1. The molecule has 4 nitrogen and oxygen atoms in total. The number of aromatic nitrogens is 1. The van der Waals surface area contributed by atoms with Crippen molar-refractivity contribution in [2.75, 3.05) is 5.73 Å². The maximum absolute atomic E-state index is 12.1. The standard InChI is InChI=1S/C12H12ClN3OS/c1-7(12-15-5-6-18-12)16-11(17)10-8(13)3-2-4-9(10)14/h2-7H,14H2,1H3,(H,16,17). The average molecular weight is 282 g/mol. The third kappa shape index (κ3) is 2.63. The summed E-state index contributed by atoms with van der Waals surface area (Å²) in [4.78, 5) is 16.2. The molecule has 0 saturated heterocycles. The van der Waals surface area contributed by atoms with Gasteiger partial charge in [-0.25, -0.2) is 4.98 Å². The number of nitrogens with two attached hydrogens (primary N) is 1. The lowest BCUT2D eigenvalue weighted by Crippen LogP contribution is -2.27. The van der Waals surface area contributed by atoms with Crippen LogP contribution in [-0.2, 0) is 0 Å². The highest BCUT2D eigenvalue weighted by atomic mass is 35.5. The number of carbonyl (C=O) groups excluding carboxylic acids is 1. The zero-order valence-corrected chi connectivity index (χ0v) is 11.3. The molecule has 18 heavy (non-hydrogen) atoms. The normalized spacial score (nSPS) is 12.1. The quantitative estimate of drug-likeness (QED) is 0.850. The molecule has 94 valence electrons. The maximum Gasteiger partial charge on any atom is 0.255 e. The van der Waals surface area contributed by atoms with Gasteiger partial charge in [0.05, 0.1) is 16.6 Å². The Bertz CT molecular complexity index is 536. The highest BCUT2D eigenvalue weighted by molar-refractivity contribution is 7.09. The van der Waals surface area contributed by atoms with Crippen molar-refractivity contribution in [3.63, 3.8) is 0 Å². The van der Waals surface area contributed by atoms with Gasteiger partial charge in [0.2, 0.25) is 0 Å². The molecule has 0 aliphatic rings. The Balaban J connectivity index is 2.18. The van der Waals surface area contributed by atoms with Gasteiger partial charge in [-0.05, 0) is 19.1 Å². The molecule has 1 heterocycles. The van der Waals surface area contributed by atoms with E-state index in [1.807, 2.05) is 12.3 Å². The van der Waals surface area contributed by atoms with E-state index in [0.29, 0.717) is 16.3 Å². The van der Waals surface area contributed by atoms with Crippen LogP contribution >= 0.6 is 22.9 Å². The zero-order chi connectivity index (χ0) is 13.1. The molecule has 0 aliphatic carbocycles. The van der Waals surface area contributed by atoms with Crippen molar-refractivity contribution in [3.8, 4) is 0 Å². The summed E-state index contributed by atoms with van der Waals surface area (Å²) >= 11 is 7.47. The minimum atomic E-state index is -0.291. The van der Waals surface area contributed by atoms with Crippen LogP contribution in [0, 0.1) is 0 Å². The van der Waals surface area contributed by atoms with Gasteiger partial charge in [0, 0.05) is 17.3 Å². The van der Waals surface area contributed by atoms with E-state index in [-0.39, 0.29) is 11.9 Å². The third-order valence-corrected chi connectivity index (χ3v) is 3.72. The summed E-state index contributed by atoms with van der Waals surface area (Å²) in [6, 6.07) is 4.82. The van der Waals surface area contributed by atoms with Crippen LogP contribution in [0.4, 0.5) is 5.69 Å². The van der Waals surface area contributed by atoms with E-state index in [0.717, 1.165) is 5.01 Å². The number of rotatable bonds is 3. The van der Waals surface area contributed by atoms with Gasteiger partial charge in [-0.1, -0.05) is 17.7 Å². The fraction of sp³-hybridized carbons (Fsp3) is 0.167. The van der Waals surface area contributed by atoms with E-state index in [9.17, 15) is 4.79 Å². The van der Waals surface area contributed by atoms with Crippen LogP contribution in [-0.4, -0.2) is 10.9 Å². The summed E-state index contributed by atoms with van der Waals surface area (Å²) < 4.78 is 0. The second-order valence-corrected chi connectivity index (χ2v) is 5.10. The van der Waals surface area contributed by atoms with E-state index in [1.165, 1.54) is 11.3 Å². The Morgan fingerprint density at radius 2 is 2.33 bits per heavy atom. The first-order valence-electron chi connectivity index (χ1n) is 5.34. The number of nitrogens with zero attached hydrogens (tertiary/aromatic N) is 1. The molecule has 1 amide bonds. The largest absolute Gasteiger partial charge is 0.398 e. The van der Waals surface area contributed by atoms with Crippen LogP contribution in [0.5, 0.6) is 0 Å². The lowest BCUT2D eigenvalue weighted by molar-refractivity contribution is 0.0941. The first kappa shape index (κ1) is 12.9. The molecular formula is C12H12ClN3OS. The van der Waals surface area contributed by atoms with Crippen molar-refractivity contribution in [2.24, 2.45) is 0 Å². The van der Waals surface area contributed by atoms with Crippen LogP contribution in [0.25, 0.3) is 0 Å². The van der Waals surface area contributed by atoms with E-state index in [2.05, 4.69) is 10.3 Å². The second kappa shape index (κ2) is 5.37. The summed E-state index contributed by atoms with van der Waals surface area (Å²) in [7, 11) is 0. The van der Waals surface area contributed by atoms with Crippen LogP contribution in [0.2, 0.25) is 5.02 Å². The molecule has 0 bridgehead atoms. The predicted molar refractivity (Wildman–Crippen MR) is 73.9 cm³/mol. The molecule has 0 fully saturated rings. The molecule has 1 aromatic carbocycles. The number of carbonyl (C=O) groups is 1. The maximum atomic E-state index is 12.1. The smallest absolute Gasteiger partial charge is 0.255 e. The molecule has 2 aromatic rings. The predicted octanol–water partition coefficient (Wildman–Crippen LogP) is 2.87. The first-order chi connectivity index (χ1) is 8.59. The third-order valence-electron chi connectivity index (χ3n) is 2.44. The molecule has 6 heteroatoms. The number of hydrogen-bond acceptors (Lipinski definition) is 4. The highest BCUT2D eigenvalue weighted by Crippen LogP contribution is 2.23. The minimum absolute atomic E-state index is 0.173. The van der Waals surface area contributed by atoms with E-state index < -0.39 is 0 Å². The second-order valence-electron chi connectivity index (χ2n) is 3.77. The Hall–Kier alpha value is -1.59. The minimum Gasteiger partial charge on any atom is -0.398 e. The van der Waals surface area contributed by atoms with Gasteiger partial charge in [-0.15, -0.1) is 11.3 Å². The number of benzene rings is 1. The number of anilines is 1. The molecule has 1 unspecified atom stereocenters. The number of nitrogens with one attached hydrogen (secondary N) is 1. The van der Waals surface area contributed by atoms with Gasteiger partial charge >= 0.3 is 0 Å². The highest BCUT2D eigenvalue weighted by Gasteiger charge is 2.17. The van der Waals surface area contributed by atoms with Crippen LogP contribution in [0.15, 0.2) is 29.8 Å². The van der Waals surface area contributed by atoms with E-state index >= 15 is 0 Å². The first-order valence-corrected chi connectivity index (χ1v) is 6.59. The van der Waals surface area contributed by atoms with Crippen molar-refractivity contribution in [1.29, 1.82) is 0 Å². The van der Waals surface area contributed by atoms with Crippen molar-refractivity contribution in [1.82, 2.24) is 10.3 Å². The van der Waals surface area contributed by atoms with E-state index in [1.54, 1.807) is 24.4 Å². The molecule has 0 saturated carbocycles. The van der Waals surface area contributed by atoms with Crippen LogP contribution in [0.3, 0.4) is 0 Å². The Morgan fingerprint density at radius 3 is 2.94 bits per heavy atom. The van der Waals surface area contributed by atoms with Crippen molar-refractivity contribution in [3.05, 3.63) is 45.4 Å². The van der Waals surface area contributed by atoms with Gasteiger partial charge in [-0.2, -0.15) is 0 Å². The number of amides is 1. The van der Waals surface area contributed by atoms with Crippen LogP contribution in [0.1, 0.15) is 28.3 Å². The van der Waals surface area contributed by atoms with Gasteiger partial charge in [0.1, 0.15) is 5.01 Å². The van der Waals surface area contributed by atoms with Gasteiger partial charge < -0.3 is 11.1 Å². The zero-order valence-electron chi connectivity index (χ0n) is 9.68. The topological polar surface area (TPSA) is 68.0 Å². The summed E-state index contributed by atoms with van der Waals surface area (Å²) in [6.07, 6.45) is 1.70. The Labute approximate surface area is 114 Å². The Morgan fingerprint density at radius 1 is 1.56 bits per heavy atom. The summed E-state index contributed by atoms with van der Waals surface area (Å²) in [5.74, 6) is -0.291. The van der Waals surface area contributed by atoms with Gasteiger partial charge in [0.25, 0.3) is 5.91 Å². The number of hydrogen-bond donors (Lipinski definition) is 2. The molecule has 0 aliphatic heterocycles. The fourth-order valence-corrected chi connectivity index (χ4v) is 2.47. The summed E-state index contributed by atoms with van der Waals surface area (Å²) in [5, 5.41) is 5.88. The SMILES string of the molecule is CC(NC(=O)c1c(N)cccc1Cl)c1nccs1. The number of nitrogen functional groups attached to an aromatic ring is 1. The Kier molecular flexibility index (Phi) is 3.84. The summed E-state index contributed by atoms with van der Waals surface area (Å²) in [6.45, 7) is 1.86. The molecule has 3 N–H and O–H groups in total. The monoisotopic (exact) mass is 281 g/mol. The molecule has 0 radical (unpaired) electrons. The fourth-order valence-electron chi connectivity index (χ4n) is 1.56. The molecule has 1 atom stereocenters. The lowest BCUT2D eigenvalue weighted by atomic mass is 10.1. The average Bonchev–Trinajstić information content (AvgIpc) is 2.81. The van der Waals surface area contributed by atoms with Crippen molar-refractivity contribution >= 4 is 34.5 Å². The molecule has 0 spiro atoms. The van der Waals surface area contributed by atoms with Crippen molar-refractivity contribution in [2.45, 2.75) is 13.0 Å². The lowest BCUT2D eigenvalue weighted by Gasteiger charge is -2.13. The summed E-state index contributed by atoms with van der Waals surface area (Å²) in [5.41, 5.74) is 6.43. The van der Waals surface area contributed by atoms with Crippen molar-refractivity contribution < 1.29 is 4.79 Å².